The molecule has 1 amide bonds. The number of carbonyl (C=O) groups is 1. The molecule has 5 heteroatoms. The van der Waals surface area contributed by atoms with Gasteiger partial charge in [-0.25, -0.2) is 4.98 Å². The lowest BCUT2D eigenvalue weighted by atomic mass is 9.95. The molecule has 1 aromatic carbocycles. The molecule has 2 aromatic rings. The van der Waals surface area contributed by atoms with Crippen LogP contribution >= 0.6 is 0 Å². The number of carbonyl (C=O) groups excluding carboxylic acids is 1. The van der Waals surface area contributed by atoms with Gasteiger partial charge in [0.1, 0.15) is 11.6 Å². The van der Waals surface area contributed by atoms with Gasteiger partial charge in [-0.2, -0.15) is 0 Å². The summed E-state index contributed by atoms with van der Waals surface area (Å²) in [5.41, 5.74) is 1.61. The van der Waals surface area contributed by atoms with Crippen LogP contribution in [0.4, 0.5) is 5.82 Å². The van der Waals surface area contributed by atoms with Gasteiger partial charge in [0, 0.05) is 24.3 Å². The van der Waals surface area contributed by atoms with Crippen LogP contribution in [0.1, 0.15) is 48.0 Å². The molecule has 1 fully saturated rings. The SMILES string of the molecule is COc1ccccc1CNc1ncccc1C(=O)NC1CCCCC1. The minimum absolute atomic E-state index is 0.0532. The number of anilines is 1. The van der Waals surface area contributed by atoms with Gasteiger partial charge in [0.2, 0.25) is 0 Å². The van der Waals surface area contributed by atoms with Crippen LogP contribution in [0.2, 0.25) is 0 Å². The molecule has 0 aliphatic heterocycles. The highest BCUT2D eigenvalue weighted by molar-refractivity contribution is 5.98. The van der Waals surface area contributed by atoms with E-state index in [4.69, 9.17) is 4.74 Å². The Balaban J connectivity index is 1.68. The highest BCUT2D eigenvalue weighted by atomic mass is 16.5. The fourth-order valence-electron chi connectivity index (χ4n) is 3.27. The summed E-state index contributed by atoms with van der Waals surface area (Å²) in [6.45, 7) is 0.546. The fraction of sp³-hybridized carbons (Fsp3) is 0.400. The Kier molecular flexibility index (Phi) is 5.88. The van der Waals surface area contributed by atoms with Crippen molar-refractivity contribution in [3.8, 4) is 5.75 Å². The van der Waals surface area contributed by atoms with Crippen LogP contribution in [-0.2, 0) is 6.54 Å². The molecule has 1 aromatic heterocycles. The molecule has 3 rings (SSSR count). The molecular formula is C20H25N3O2. The van der Waals surface area contributed by atoms with E-state index in [9.17, 15) is 4.79 Å². The summed E-state index contributed by atoms with van der Waals surface area (Å²) in [5, 5.41) is 6.42. The number of para-hydroxylation sites is 1. The average Bonchev–Trinajstić information content (AvgIpc) is 2.67. The van der Waals surface area contributed by atoms with Gasteiger partial charge < -0.3 is 15.4 Å². The first-order valence-corrected chi connectivity index (χ1v) is 8.89. The van der Waals surface area contributed by atoms with E-state index in [1.807, 2.05) is 30.3 Å². The van der Waals surface area contributed by atoms with E-state index in [1.54, 1.807) is 19.4 Å². The number of hydrogen-bond donors (Lipinski definition) is 2. The lowest BCUT2D eigenvalue weighted by molar-refractivity contribution is 0.0928. The van der Waals surface area contributed by atoms with Crippen molar-refractivity contribution in [2.24, 2.45) is 0 Å². The van der Waals surface area contributed by atoms with Gasteiger partial charge in [-0.3, -0.25) is 4.79 Å². The minimum atomic E-state index is -0.0532. The van der Waals surface area contributed by atoms with Crippen LogP contribution in [-0.4, -0.2) is 24.0 Å². The van der Waals surface area contributed by atoms with Crippen molar-refractivity contribution in [2.45, 2.75) is 44.7 Å². The summed E-state index contributed by atoms with van der Waals surface area (Å²) < 4.78 is 5.37. The quantitative estimate of drug-likeness (QED) is 0.841. The molecule has 1 aliphatic rings. The second-order valence-electron chi connectivity index (χ2n) is 6.37. The predicted molar refractivity (Wildman–Crippen MR) is 98.9 cm³/mol. The van der Waals surface area contributed by atoms with Crippen LogP contribution in [0.5, 0.6) is 5.75 Å². The standard InChI is InChI=1S/C20H25N3O2/c1-25-18-12-6-5-8-15(18)14-22-19-17(11-7-13-21-19)20(24)23-16-9-3-2-4-10-16/h5-8,11-13,16H,2-4,9-10,14H2,1H3,(H,21,22)(H,23,24). The minimum Gasteiger partial charge on any atom is -0.496 e. The Morgan fingerprint density at radius 2 is 1.96 bits per heavy atom. The highest BCUT2D eigenvalue weighted by Gasteiger charge is 2.19. The molecule has 0 unspecified atom stereocenters. The summed E-state index contributed by atoms with van der Waals surface area (Å²) in [7, 11) is 1.66. The second-order valence-corrected chi connectivity index (χ2v) is 6.37. The van der Waals surface area contributed by atoms with Crippen LogP contribution < -0.4 is 15.4 Å². The normalized spacial score (nSPS) is 14.8. The van der Waals surface area contributed by atoms with Crippen LogP contribution in [0.25, 0.3) is 0 Å². The molecule has 0 bridgehead atoms. The summed E-state index contributed by atoms with van der Waals surface area (Å²) >= 11 is 0. The zero-order valence-electron chi connectivity index (χ0n) is 14.6. The first-order chi connectivity index (χ1) is 12.3. The number of rotatable bonds is 6. The number of methoxy groups -OCH3 is 1. The molecule has 0 spiro atoms. The van der Waals surface area contributed by atoms with Gasteiger partial charge in [0.15, 0.2) is 0 Å². The number of ether oxygens (including phenoxy) is 1. The first-order valence-electron chi connectivity index (χ1n) is 8.89. The van der Waals surface area contributed by atoms with Gasteiger partial charge >= 0.3 is 0 Å². The molecule has 1 heterocycles. The third-order valence-corrected chi connectivity index (χ3v) is 4.63. The fourth-order valence-corrected chi connectivity index (χ4v) is 3.27. The van der Waals surface area contributed by atoms with E-state index in [0.29, 0.717) is 17.9 Å². The Morgan fingerprint density at radius 1 is 1.16 bits per heavy atom. The molecule has 0 atom stereocenters. The molecule has 5 nitrogen and oxygen atoms in total. The van der Waals surface area contributed by atoms with Crippen LogP contribution in [0.3, 0.4) is 0 Å². The van der Waals surface area contributed by atoms with Crippen LogP contribution in [0.15, 0.2) is 42.6 Å². The summed E-state index contributed by atoms with van der Waals surface area (Å²) in [4.78, 5) is 17.0. The van der Waals surface area contributed by atoms with Crippen molar-refractivity contribution in [1.29, 1.82) is 0 Å². The molecule has 0 radical (unpaired) electrons. The summed E-state index contributed by atoms with van der Waals surface area (Å²) in [6, 6.07) is 11.7. The van der Waals surface area contributed by atoms with Gasteiger partial charge in [0.05, 0.1) is 12.7 Å². The Bertz CT molecular complexity index is 712. The summed E-state index contributed by atoms with van der Waals surface area (Å²) in [6.07, 6.45) is 7.48. The van der Waals surface area contributed by atoms with Gasteiger partial charge in [-0.1, -0.05) is 37.5 Å². The van der Waals surface area contributed by atoms with E-state index < -0.39 is 0 Å². The van der Waals surface area contributed by atoms with Gasteiger partial charge in [-0.15, -0.1) is 0 Å². The zero-order valence-corrected chi connectivity index (χ0v) is 14.6. The highest BCUT2D eigenvalue weighted by Crippen LogP contribution is 2.21. The molecule has 2 N–H and O–H groups in total. The maximum absolute atomic E-state index is 12.7. The number of nitrogens with one attached hydrogen (secondary N) is 2. The molecule has 25 heavy (non-hydrogen) atoms. The lowest BCUT2D eigenvalue weighted by Gasteiger charge is -2.23. The number of pyridine rings is 1. The molecule has 1 aliphatic carbocycles. The van der Waals surface area contributed by atoms with Crippen molar-refractivity contribution < 1.29 is 9.53 Å². The third kappa shape index (κ3) is 4.50. The monoisotopic (exact) mass is 339 g/mol. The Morgan fingerprint density at radius 3 is 2.76 bits per heavy atom. The Labute approximate surface area is 148 Å². The number of amides is 1. The number of benzene rings is 1. The number of nitrogens with zero attached hydrogens (tertiary/aromatic N) is 1. The maximum atomic E-state index is 12.7. The van der Waals surface area contributed by atoms with Crippen LogP contribution in [0, 0.1) is 0 Å². The van der Waals surface area contributed by atoms with Crippen molar-refractivity contribution >= 4 is 11.7 Å². The van der Waals surface area contributed by atoms with Gasteiger partial charge in [-0.05, 0) is 31.0 Å². The predicted octanol–water partition coefficient (Wildman–Crippen LogP) is 3.76. The molecular weight excluding hydrogens is 314 g/mol. The van der Waals surface area contributed by atoms with E-state index in [2.05, 4.69) is 15.6 Å². The first kappa shape index (κ1) is 17.3. The number of hydrogen-bond acceptors (Lipinski definition) is 4. The third-order valence-electron chi connectivity index (χ3n) is 4.63. The smallest absolute Gasteiger partial charge is 0.255 e. The molecule has 1 saturated carbocycles. The van der Waals surface area contributed by atoms with Crippen molar-refractivity contribution in [2.75, 3.05) is 12.4 Å². The summed E-state index contributed by atoms with van der Waals surface area (Å²) in [5.74, 6) is 1.36. The topological polar surface area (TPSA) is 63.2 Å². The zero-order chi connectivity index (χ0) is 17.5. The van der Waals surface area contributed by atoms with E-state index >= 15 is 0 Å². The number of aromatic nitrogens is 1. The molecule has 0 saturated heterocycles. The van der Waals surface area contributed by atoms with Crippen molar-refractivity contribution in [3.63, 3.8) is 0 Å². The van der Waals surface area contributed by atoms with Crippen molar-refractivity contribution in [3.05, 3.63) is 53.7 Å². The lowest BCUT2D eigenvalue weighted by Crippen LogP contribution is -2.36. The van der Waals surface area contributed by atoms with E-state index in [-0.39, 0.29) is 11.9 Å². The van der Waals surface area contributed by atoms with E-state index in [0.717, 1.165) is 24.2 Å². The molecule has 132 valence electrons. The van der Waals surface area contributed by atoms with Crippen molar-refractivity contribution in [1.82, 2.24) is 10.3 Å². The Hall–Kier alpha value is -2.56. The second kappa shape index (κ2) is 8.51. The van der Waals surface area contributed by atoms with Gasteiger partial charge in [0.25, 0.3) is 5.91 Å². The largest absolute Gasteiger partial charge is 0.496 e. The van der Waals surface area contributed by atoms with E-state index in [1.165, 1.54) is 19.3 Å². The average molecular weight is 339 g/mol. The maximum Gasteiger partial charge on any atom is 0.255 e.